The molecule has 1 unspecified atom stereocenters. The van der Waals surface area contributed by atoms with Crippen LogP contribution in [0.15, 0.2) is 23.8 Å². The van der Waals surface area contributed by atoms with Crippen molar-refractivity contribution in [2.75, 3.05) is 0 Å². The second-order valence-corrected chi connectivity index (χ2v) is 5.00. The molecule has 1 atom stereocenters. The monoisotopic (exact) mass is 237 g/mol. The van der Waals surface area contributed by atoms with Crippen LogP contribution in [0.3, 0.4) is 0 Å². The average Bonchev–Trinajstić information content (AvgIpc) is 2.88. The molecule has 0 radical (unpaired) electrons. The van der Waals surface area contributed by atoms with E-state index in [2.05, 4.69) is 35.5 Å². The molecule has 0 bridgehead atoms. The predicted octanol–water partition coefficient (Wildman–Crippen LogP) is 2.08. The molecule has 5 heteroatoms. The van der Waals surface area contributed by atoms with Gasteiger partial charge in [0.25, 0.3) is 0 Å². The number of aliphatic hydroxyl groups is 1. The molecule has 2 rings (SSSR count). The van der Waals surface area contributed by atoms with Gasteiger partial charge < -0.3 is 9.67 Å². The standard InChI is InChI=1S/C11H15N3OS/c1-8(2)11(9-4-3-5-16-9)14-7-12-13-10(14)6-15/h3-5,7-8,11,15H,6H2,1-2H3. The van der Waals surface area contributed by atoms with Crippen molar-refractivity contribution >= 4 is 11.3 Å². The molecule has 16 heavy (non-hydrogen) atoms. The zero-order chi connectivity index (χ0) is 11.5. The summed E-state index contributed by atoms with van der Waals surface area (Å²) in [6, 6.07) is 4.35. The van der Waals surface area contributed by atoms with Crippen molar-refractivity contribution in [1.29, 1.82) is 0 Å². The van der Waals surface area contributed by atoms with Crippen LogP contribution in [0.25, 0.3) is 0 Å². The number of aliphatic hydroxyl groups excluding tert-OH is 1. The smallest absolute Gasteiger partial charge is 0.159 e. The first-order chi connectivity index (χ1) is 7.74. The van der Waals surface area contributed by atoms with Crippen LogP contribution in [0.5, 0.6) is 0 Å². The summed E-state index contributed by atoms with van der Waals surface area (Å²) in [6.45, 7) is 4.24. The van der Waals surface area contributed by atoms with Crippen LogP contribution < -0.4 is 0 Å². The van der Waals surface area contributed by atoms with E-state index >= 15 is 0 Å². The number of hydrogen-bond acceptors (Lipinski definition) is 4. The molecule has 1 N–H and O–H groups in total. The molecule has 86 valence electrons. The van der Waals surface area contributed by atoms with Crippen molar-refractivity contribution in [3.05, 3.63) is 34.5 Å². The van der Waals surface area contributed by atoms with Gasteiger partial charge >= 0.3 is 0 Å². The number of aromatic nitrogens is 3. The van der Waals surface area contributed by atoms with Crippen molar-refractivity contribution < 1.29 is 5.11 Å². The van der Waals surface area contributed by atoms with E-state index in [0.29, 0.717) is 11.7 Å². The first-order valence-corrected chi connectivity index (χ1v) is 6.14. The average molecular weight is 237 g/mol. The Morgan fingerprint density at radius 3 is 2.88 bits per heavy atom. The highest BCUT2D eigenvalue weighted by molar-refractivity contribution is 7.10. The Morgan fingerprint density at radius 1 is 1.50 bits per heavy atom. The molecule has 2 heterocycles. The Bertz CT molecular complexity index is 436. The summed E-state index contributed by atoms with van der Waals surface area (Å²) in [5, 5.41) is 19.1. The van der Waals surface area contributed by atoms with E-state index in [4.69, 9.17) is 0 Å². The van der Waals surface area contributed by atoms with Gasteiger partial charge in [-0.25, -0.2) is 0 Å². The molecule has 0 amide bonds. The summed E-state index contributed by atoms with van der Waals surface area (Å²) in [5.74, 6) is 1.05. The highest BCUT2D eigenvalue weighted by atomic mass is 32.1. The number of thiophene rings is 1. The maximum atomic E-state index is 9.22. The minimum atomic E-state index is -0.0748. The maximum absolute atomic E-state index is 9.22. The highest BCUT2D eigenvalue weighted by Gasteiger charge is 2.21. The van der Waals surface area contributed by atoms with Crippen LogP contribution in [0.4, 0.5) is 0 Å². The van der Waals surface area contributed by atoms with E-state index in [1.165, 1.54) is 4.88 Å². The molecule has 0 saturated heterocycles. The molecular weight excluding hydrogens is 222 g/mol. The van der Waals surface area contributed by atoms with E-state index < -0.39 is 0 Å². The largest absolute Gasteiger partial charge is 0.388 e. The zero-order valence-electron chi connectivity index (χ0n) is 9.37. The molecule has 2 aromatic heterocycles. The number of nitrogens with zero attached hydrogens (tertiary/aromatic N) is 3. The molecule has 0 aliphatic rings. The molecule has 0 aliphatic carbocycles. The first kappa shape index (κ1) is 11.3. The lowest BCUT2D eigenvalue weighted by Crippen LogP contribution is -2.17. The summed E-state index contributed by atoms with van der Waals surface area (Å²) in [5.41, 5.74) is 0. The van der Waals surface area contributed by atoms with Crippen molar-refractivity contribution in [1.82, 2.24) is 14.8 Å². The Hall–Kier alpha value is -1.20. The molecule has 0 aromatic carbocycles. The first-order valence-electron chi connectivity index (χ1n) is 5.26. The Labute approximate surface area is 98.6 Å². The molecular formula is C11H15N3OS. The Morgan fingerprint density at radius 2 is 2.31 bits per heavy atom. The van der Waals surface area contributed by atoms with Crippen molar-refractivity contribution in [2.24, 2.45) is 5.92 Å². The number of hydrogen-bond donors (Lipinski definition) is 1. The molecule has 0 spiro atoms. The quantitative estimate of drug-likeness (QED) is 0.885. The van der Waals surface area contributed by atoms with Gasteiger partial charge in [-0.1, -0.05) is 19.9 Å². The molecule has 4 nitrogen and oxygen atoms in total. The van der Waals surface area contributed by atoms with Gasteiger partial charge in [-0.05, 0) is 17.4 Å². The lowest BCUT2D eigenvalue weighted by atomic mass is 10.0. The van der Waals surface area contributed by atoms with Crippen LogP contribution in [-0.2, 0) is 6.61 Å². The van der Waals surface area contributed by atoms with Crippen molar-refractivity contribution in [2.45, 2.75) is 26.5 Å². The lowest BCUT2D eigenvalue weighted by molar-refractivity contribution is 0.258. The van der Waals surface area contributed by atoms with Crippen LogP contribution in [-0.4, -0.2) is 19.9 Å². The number of rotatable bonds is 4. The van der Waals surface area contributed by atoms with Gasteiger partial charge in [0.15, 0.2) is 5.82 Å². The predicted molar refractivity (Wildman–Crippen MR) is 63.2 cm³/mol. The fraction of sp³-hybridized carbons (Fsp3) is 0.455. The van der Waals surface area contributed by atoms with Crippen molar-refractivity contribution in [3.63, 3.8) is 0 Å². The fourth-order valence-electron chi connectivity index (χ4n) is 1.86. The SMILES string of the molecule is CC(C)C(c1cccs1)n1cnnc1CO. The second kappa shape index (κ2) is 4.76. The molecule has 0 aliphatic heterocycles. The Kier molecular flexibility index (Phi) is 3.36. The minimum absolute atomic E-state index is 0.0748. The molecule has 2 aromatic rings. The second-order valence-electron chi connectivity index (χ2n) is 4.02. The highest BCUT2D eigenvalue weighted by Crippen LogP contribution is 2.30. The van der Waals surface area contributed by atoms with Crippen molar-refractivity contribution in [3.8, 4) is 0 Å². The third-order valence-electron chi connectivity index (χ3n) is 2.55. The third kappa shape index (κ3) is 2.01. The molecule has 0 saturated carbocycles. The zero-order valence-corrected chi connectivity index (χ0v) is 10.2. The van der Waals surface area contributed by atoms with Gasteiger partial charge in [0.2, 0.25) is 0 Å². The summed E-state index contributed by atoms with van der Waals surface area (Å²) in [7, 11) is 0. The fourth-order valence-corrected chi connectivity index (χ4v) is 2.85. The van der Waals surface area contributed by atoms with E-state index in [9.17, 15) is 5.11 Å². The van der Waals surface area contributed by atoms with Gasteiger partial charge in [0.1, 0.15) is 12.9 Å². The van der Waals surface area contributed by atoms with Gasteiger partial charge in [-0.3, -0.25) is 0 Å². The van der Waals surface area contributed by atoms with Crippen LogP contribution in [0.1, 0.15) is 30.6 Å². The summed E-state index contributed by atoms with van der Waals surface area (Å²) in [4.78, 5) is 1.27. The van der Waals surface area contributed by atoms with Gasteiger partial charge in [-0.2, -0.15) is 0 Å². The minimum Gasteiger partial charge on any atom is -0.388 e. The summed E-state index contributed by atoms with van der Waals surface area (Å²) < 4.78 is 1.95. The summed E-state index contributed by atoms with van der Waals surface area (Å²) in [6.07, 6.45) is 1.69. The van der Waals surface area contributed by atoms with E-state index in [-0.39, 0.29) is 12.6 Å². The normalized spacial score (nSPS) is 13.2. The van der Waals surface area contributed by atoms with Gasteiger partial charge in [-0.15, -0.1) is 21.5 Å². The topological polar surface area (TPSA) is 50.9 Å². The van der Waals surface area contributed by atoms with Crippen LogP contribution in [0.2, 0.25) is 0 Å². The van der Waals surface area contributed by atoms with E-state index in [1.807, 2.05) is 10.6 Å². The van der Waals surface area contributed by atoms with Crippen LogP contribution >= 0.6 is 11.3 Å². The summed E-state index contributed by atoms with van der Waals surface area (Å²) >= 11 is 1.72. The third-order valence-corrected chi connectivity index (χ3v) is 3.50. The van der Waals surface area contributed by atoms with Gasteiger partial charge in [0.05, 0.1) is 6.04 Å². The maximum Gasteiger partial charge on any atom is 0.159 e. The van der Waals surface area contributed by atoms with Gasteiger partial charge in [0, 0.05) is 4.88 Å². The van der Waals surface area contributed by atoms with E-state index in [0.717, 1.165) is 0 Å². The molecule has 0 fully saturated rings. The lowest BCUT2D eigenvalue weighted by Gasteiger charge is -2.22. The Balaban J connectivity index is 2.41. The van der Waals surface area contributed by atoms with E-state index in [1.54, 1.807) is 17.7 Å². The van der Waals surface area contributed by atoms with Crippen LogP contribution in [0, 0.1) is 5.92 Å².